The summed E-state index contributed by atoms with van der Waals surface area (Å²) < 4.78 is 1.04. The number of hydrogen-bond donors (Lipinski definition) is 1. The van der Waals surface area contributed by atoms with Crippen LogP contribution in [-0.2, 0) is 0 Å². The van der Waals surface area contributed by atoms with E-state index in [1.165, 1.54) is 36.8 Å². The van der Waals surface area contributed by atoms with Crippen molar-refractivity contribution in [3.8, 4) is 11.4 Å². The van der Waals surface area contributed by atoms with Gasteiger partial charge in [0, 0.05) is 11.5 Å². The predicted molar refractivity (Wildman–Crippen MR) is 95.3 cm³/mol. The topological polar surface area (TPSA) is 51.8 Å². The molecule has 0 saturated heterocycles. The summed E-state index contributed by atoms with van der Waals surface area (Å²) in [5, 5.41) is 0. The van der Waals surface area contributed by atoms with Crippen molar-refractivity contribution in [3.05, 3.63) is 38.6 Å². The molecule has 1 fully saturated rings. The zero-order valence-corrected chi connectivity index (χ0v) is 14.6. The Balaban J connectivity index is 2.13. The van der Waals surface area contributed by atoms with Crippen LogP contribution in [0.5, 0.6) is 0 Å². The summed E-state index contributed by atoms with van der Waals surface area (Å²) in [6.45, 7) is 4.24. The zero-order chi connectivity index (χ0) is 15.0. The van der Waals surface area contributed by atoms with Gasteiger partial charge in [0.2, 0.25) is 0 Å². The fourth-order valence-electron chi connectivity index (χ4n) is 3.07. The van der Waals surface area contributed by atoms with E-state index in [0.717, 1.165) is 20.7 Å². The highest BCUT2D eigenvalue weighted by atomic mass is 127. The number of nitrogens with two attached hydrogens (primary N) is 1. The third kappa shape index (κ3) is 2.78. The first-order valence-electron chi connectivity index (χ1n) is 7.47. The van der Waals surface area contributed by atoms with Crippen molar-refractivity contribution >= 4 is 28.4 Å². The molecule has 0 amide bonds. The van der Waals surface area contributed by atoms with Crippen LogP contribution in [0.1, 0.15) is 48.4 Å². The lowest BCUT2D eigenvalue weighted by Crippen LogP contribution is -2.08. The number of aryl methyl sites for hydroxylation is 1. The van der Waals surface area contributed by atoms with Crippen molar-refractivity contribution in [2.24, 2.45) is 0 Å². The average molecular weight is 393 g/mol. The van der Waals surface area contributed by atoms with Crippen LogP contribution in [0.3, 0.4) is 0 Å². The summed E-state index contributed by atoms with van der Waals surface area (Å²) >= 11 is 2.30. The van der Waals surface area contributed by atoms with Crippen molar-refractivity contribution < 1.29 is 0 Å². The van der Waals surface area contributed by atoms with E-state index in [1.54, 1.807) is 0 Å². The van der Waals surface area contributed by atoms with Gasteiger partial charge in [0.25, 0.3) is 0 Å². The average Bonchev–Trinajstić information content (AvgIpc) is 2.99. The van der Waals surface area contributed by atoms with Gasteiger partial charge in [-0.25, -0.2) is 9.97 Å². The van der Waals surface area contributed by atoms with Gasteiger partial charge >= 0.3 is 0 Å². The molecular weight excluding hydrogens is 373 g/mol. The van der Waals surface area contributed by atoms with E-state index in [1.807, 2.05) is 0 Å². The molecule has 0 aliphatic heterocycles. The zero-order valence-electron chi connectivity index (χ0n) is 12.5. The Bertz CT molecular complexity index is 676. The van der Waals surface area contributed by atoms with Gasteiger partial charge in [0.15, 0.2) is 5.82 Å². The molecule has 0 unspecified atom stereocenters. The fraction of sp³-hybridized carbons (Fsp3) is 0.412. The quantitative estimate of drug-likeness (QED) is 0.759. The largest absolute Gasteiger partial charge is 0.383 e. The van der Waals surface area contributed by atoms with Gasteiger partial charge in [-0.3, -0.25) is 0 Å². The lowest BCUT2D eigenvalue weighted by atomic mass is 10.0. The minimum atomic E-state index is 0.547. The Morgan fingerprint density at radius 2 is 1.86 bits per heavy atom. The molecule has 1 saturated carbocycles. The number of aromatic nitrogens is 2. The summed E-state index contributed by atoms with van der Waals surface area (Å²) in [5.41, 5.74) is 10.9. The van der Waals surface area contributed by atoms with Crippen LogP contribution in [-0.4, -0.2) is 9.97 Å². The molecule has 1 heterocycles. The molecule has 4 heteroatoms. The maximum absolute atomic E-state index is 6.16. The minimum absolute atomic E-state index is 0.547. The first-order chi connectivity index (χ1) is 10.1. The van der Waals surface area contributed by atoms with E-state index in [9.17, 15) is 0 Å². The number of nitrogen functional groups attached to an aromatic ring is 1. The summed E-state index contributed by atoms with van der Waals surface area (Å²) in [4.78, 5) is 9.42. The van der Waals surface area contributed by atoms with Crippen LogP contribution >= 0.6 is 22.6 Å². The maximum Gasteiger partial charge on any atom is 0.162 e. The van der Waals surface area contributed by atoms with Gasteiger partial charge in [0.05, 0.1) is 9.26 Å². The minimum Gasteiger partial charge on any atom is -0.383 e. The molecule has 2 N–H and O–H groups in total. The number of hydrogen-bond acceptors (Lipinski definition) is 3. The standard InChI is InChI=1S/C17H20IN3/c1-10-6-5-9-13(11(10)2)17-20-15(12-7-3-4-8-12)14(18)16(19)21-17/h5-6,9,12H,3-4,7-8H2,1-2H3,(H2,19,20,21). The van der Waals surface area contributed by atoms with Crippen molar-refractivity contribution in [1.82, 2.24) is 9.97 Å². The molecule has 0 radical (unpaired) electrons. The Labute approximate surface area is 139 Å². The van der Waals surface area contributed by atoms with Gasteiger partial charge in [-0.1, -0.05) is 31.0 Å². The third-order valence-electron chi connectivity index (χ3n) is 4.49. The maximum atomic E-state index is 6.16. The summed E-state index contributed by atoms with van der Waals surface area (Å²) in [5.74, 6) is 1.94. The van der Waals surface area contributed by atoms with E-state index < -0.39 is 0 Å². The number of halogens is 1. The molecule has 3 rings (SSSR count). The van der Waals surface area contributed by atoms with Crippen LogP contribution in [0.2, 0.25) is 0 Å². The molecular formula is C17H20IN3. The van der Waals surface area contributed by atoms with E-state index >= 15 is 0 Å². The Morgan fingerprint density at radius 3 is 2.57 bits per heavy atom. The number of rotatable bonds is 2. The molecule has 0 spiro atoms. The second kappa shape index (κ2) is 5.91. The molecule has 110 valence electrons. The molecule has 1 aromatic carbocycles. The van der Waals surface area contributed by atoms with Crippen molar-refractivity contribution in [3.63, 3.8) is 0 Å². The summed E-state index contributed by atoms with van der Waals surface area (Å²) in [6.07, 6.45) is 5.03. The first-order valence-corrected chi connectivity index (χ1v) is 8.55. The normalized spacial score (nSPS) is 15.6. The van der Waals surface area contributed by atoms with Gasteiger partial charge in [-0.2, -0.15) is 0 Å². The lowest BCUT2D eigenvalue weighted by Gasteiger charge is -2.15. The second-order valence-corrected chi connectivity index (χ2v) is 6.94. The van der Waals surface area contributed by atoms with Crippen molar-refractivity contribution in [2.45, 2.75) is 45.4 Å². The fourth-order valence-corrected chi connectivity index (χ4v) is 3.75. The smallest absolute Gasteiger partial charge is 0.162 e. The van der Waals surface area contributed by atoms with Crippen molar-refractivity contribution in [1.29, 1.82) is 0 Å². The van der Waals surface area contributed by atoms with Gasteiger partial charge in [-0.05, 0) is 60.4 Å². The highest BCUT2D eigenvalue weighted by molar-refractivity contribution is 14.1. The molecule has 0 bridgehead atoms. The van der Waals surface area contributed by atoms with E-state index in [4.69, 9.17) is 10.7 Å². The second-order valence-electron chi connectivity index (χ2n) is 5.86. The molecule has 2 aromatic rings. The third-order valence-corrected chi connectivity index (χ3v) is 5.60. The lowest BCUT2D eigenvalue weighted by molar-refractivity contribution is 0.691. The molecule has 21 heavy (non-hydrogen) atoms. The number of benzene rings is 1. The molecule has 1 aliphatic rings. The van der Waals surface area contributed by atoms with Crippen LogP contribution in [0, 0.1) is 17.4 Å². The predicted octanol–water partition coefficient (Wildman–Crippen LogP) is 4.60. The van der Waals surface area contributed by atoms with E-state index in [2.05, 4.69) is 59.6 Å². The number of anilines is 1. The Kier molecular flexibility index (Phi) is 4.15. The first kappa shape index (κ1) is 14.8. The van der Waals surface area contributed by atoms with Gasteiger partial charge < -0.3 is 5.73 Å². The van der Waals surface area contributed by atoms with Crippen LogP contribution in [0.15, 0.2) is 18.2 Å². The van der Waals surface area contributed by atoms with E-state index in [0.29, 0.717) is 11.7 Å². The Morgan fingerprint density at radius 1 is 1.14 bits per heavy atom. The highest BCUT2D eigenvalue weighted by Crippen LogP contribution is 2.37. The molecule has 1 aromatic heterocycles. The van der Waals surface area contributed by atoms with Crippen LogP contribution < -0.4 is 5.73 Å². The molecule has 1 aliphatic carbocycles. The monoisotopic (exact) mass is 393 g/mol. The van der Waals surface area contributed by atoms with Crippen LogP contribution in [0.25, 0.3) is 11.4 Å². The molecule has 3 nitrogen and oxygen atoms in total. The van der Waals surface area contributed by atoms with E-state index in [-0.39, 0.29) is 0 Å². The van der Waals surface area contributed by atoms with Crippen molar-refractivity contribution in [2.75, 3.05) is 5.73 Å². The Hall–Kier alpha value is -1.17. The van der Waals surface area contributed by atoms with Crippen LogP contribution in [0.4, 0.5) is 5.82 Å². The summed E-state index contributed by atoms with van der Waals surface area (Å²) in [6, 6.07) is 6.26. The highest BCUT2D eigenvalue weighted by Gasteiger charge is 2.23. The molecule has 0 atom stereocenters. The summed E-state index contributed by atoms with van der Waals surface area (Å²) in [7, 11) is 0. The number of nitrogens with zero attached hydrogens (tertiary/aromatic N) is 2. The SMILES string of the molecule is Cc1cccc(-c2nc(N)c(I)c(C3CCCC3)n2)c1C. The van der Waals surface area contributed by atoms with Gasteiger partial charge in [0.1, 0.15) is 5.82 Å². The van der Waals surface area contributed by atoms with Gasteiger partial charge in [-0.15, -0.1) is 0 Å².